The summed E-state index contributed by atoms with van der Waals surface area (Å²) in [6.45, 7) is 9.36. The Bertz CT molecular complexity index is 768. The highest BCUT2D eigenvalue weighted by atomic mass is 16.5. The number of nitrogens with zero attached hydrogens (tertiary/aromatic N) is 4. The van der Waals surface area contributed by atoms with Crippen LogP contribution in [0, 0.1) is 0 Å². The fraction of sp³-hybridized carbons (Fsp3) is 0.545. The van der Waals surface area contributed by atoms with Gasteiger partial charge in [0.25, 0.3) is 0 Å². The Morgan fingerprint density at radius 1 is 1.24 bits per heavy atom. The number of benzene rings is 1. The predicted molar refractivity (Wildman–Crippen MR) is 118 cm³/mol. The lowest BCUT2D eigenvalue weighted by atomic mass is 10.1. The second kappa shape index (κ2) is 11.3. The summed E-state index contributed by atoms with van der Waals surface area (Å²) in [6.07, 6.45) is 2.94. The molecule has 7 heteroatoms. The van der Waals surface area contributed by atoms with Crippen LogP contribution in [-0.2, 0) is 13.6 Å². The Labute approximate surface area is 174 Å². The number of rotatable bonds is 10. The molecule has 0 atom stereocenters. The molecule has 1 heterocycles. The minimum Gasteiger partial charge on any atom is -0.497 e. The van der Waals surface area contributed by atoms with Crippen molar-refractivity contribution in [3.05, 3.63) is 41.7 Å². The molecule has 0 amide bonds. The SMILES string of the molecule is CCNC(=NCCCOc1ccc(OC)cc1)N(C)Cc1cn(C)nc1C(C)C. The second-order valence-electron chi connectivity index (χ2n) is 7.34. The third-order valence-electron chi connectivity index (χ3n) is 4.48. The summed E-state index contributed by atoms with van der Waals surface area (Å²) in [7, 11) is 5.69. The van der Waals surface area contributed by atoms with Gasteiger partial charge in [0, 0.05) is 51.9 Å². The van der Waals surface area contributed by atoms with Crippen LogP contribution in [0.4, 0.5) is 0 Å². The lowest BCUT2D eigenvalue weighted by Crippen LogP contribution is -2.38. The number of hydrogen-bond donors (Lipinski definition) is 1. The first kappa shape index (κ1) is 22.6. The molecule has 0 aliphatic heterocycles. The van der Waals surface area contributed by atoms with Gasteiger partial charge in [-0.25, -0.2) is 0 Å². The first-order chi connectivity index (χ1) is 13.9. The normalized spacial score (nSPS) is 11.6. The average molecular weight is 402 g/mol. The Morgan fingerprint density at radius 2 is 1.93 bits per heavy atom. The van der Waals surface area contributed by atoms with E-state index in [0.717, 1.165) is 42.7 Å². The Morgan fingerprint density at radius 3 is 2.55 bits per heavy atom. The van der Waals surface area contributed by atoms with Crippen molar-refractivity contribution in [2.24, 2.45) is 12.0 Å². The van der Waals surface area contributed by atoms with Crippen LogP contribution in [0.25, 0.3) is 0 Å². The summed E-state index contributed by atoms with van der Waals surface area (Å²) in [6, 6.07) is 7.63. The number of hydrogen-bond acceptors (Lipinski definition) is 4. The molecule has 0 saturated carbocycles. The van der Waals surface area contributed by atoms with E-state index in [0.29, 0.717) is 19.1 Å². The smallest absolute Gasteiger partial charge is 0.193 e. The standard InChI is InChI=1S/C22H35N5O2/c1-7-23-22(26(4)15-18-16-27(5)25-21(18)17(2)3)24-13-8-14-29-20-11-9-19(28-6)10-12-20/h9-12,16-17H,7-8,13-15H2,1-6H3,(H,23,24). The highest BCUT2D eigenvalue weighted by Crippen LogP contribution is 2.19. The topological polar surface area (TPSA) is 63.9 Å². The fourth-order valence-corrected chi connectivity index (χ4v) is 3.07. The van der Waals surface area contributed by atoms with Crippen LogP contribution in [-0.4, -0.2) is 54.5 Å². The third kappa shape index (κ3) is 7.00. The van der Waals surface area contributed by atoms with Crippen LogP contribution in [0.1, 0.15) is 44.4 Å². The molecule has 7 nitrogen and oxygen atoms in total. The van der Waals surface area contributed by atoms with Gasteiger partial charge < -0.3 is 19.7 Å². The molecule has 0 saturated heterocycles. The van der Waals surface area contributed by atoms with E-state index in [1.807, 2.05) is 36.0 Å². The van der Waals surface area contributed by atoms with Crippen molar-refractivity contribution in [2.75, 3.05) is 33.9 Å². The van der Waals surface area contributed by atoms with Gasteiger partial charge in [0.2, 0.25) is 0 Å². The molecule has 29 heavy (non-hydrogen) atoms. The quantitative estimate of drug-likeness (QED) is 0.375. The lowest BCUT2D eigenvalue weighted by molar-refractivity contribution is 0.312. The number of aromatic nitrogens is 2. The molecule has 1 N–H and O–H groups in total. The Kier molecular flexibility index (Phi) is 8.83. The van der Waals surface area contributed by atoms with Crippen LogP contribution >= 0.6 is 0 Å². The van der Waals surface area contributed by atoms with Crippen molar-refractivity contribution in [2.45, 2.75) is 39.7 Å². The summed E-state index contributed by atoms with van der Waals surface area (Å²) in [5, 5.41) is 7.97. The minimum atomic E-state index is 0.397. The van der Waals surface area contributed by atoms with E-state index in [2.05, 4.69) is 49.3 Å². The molecule has 0 unspecified atom stereocenters. The van der Waals surface area contributed by atoms with E-state index >= 15 is 0 Å². The van der Waals surface area contributed by atoms with Gasteiger partial charge >= 0.3 is 0 Å². The highest BCUT2D eigenvalue weighted by molar-refractivity contribution is 5.79. The molecular weight excluding hydrogens is 366 g/mol. The molecule has 0 aliphatic rings. The van der Waals surface area contributed by atoms with Crippen LogP contribution < -0.4 is 14.8 Å². The lowest BCUT2D eigenvalue weighted by Gasteiger charge is -2.22. The van der Waals surface area contributed by atoms with E-state index < -0.39 is 0 Å². The number of aliphatic imine (C=N–C) groups is 1. The van der Waals surface area contributed by atoms with Crippen molar-refractivity contribution in [3.8, 4) is 11.5 Å². The summed E-state index contributed by atoms with van der Waals surface area (Å²) in [5.74, 6) is 2.97. The molecule has 0 radical (unpaired) electrons. The van der Waals surface area contributed by atoms with Crippen LogP contribution in [0.3, 0.4) is 0 Å². The Hall–Kier alpha value is -2.70. The number of ether oxygens (including phenoxy) is 2. The van der Waals surface area contributed by atoms with Gasteiger partial charge in [-0.05, 0) is 37.1 Å². The van der Waals surface area contributed by atoms with E-state index in [4.69, 9.17) is 14.5 Å². The zero-order valence-electron chi connectivity index (χ0n) is 18.6. The number of methoxy groups -OCH3 is 1. The Balaban J connectivity index is 1.87. The van der Waals surface area contributed by atoms with E-state index in [9.17, 15) is 0 Å². The van der Waals surface area contributed by atoms with E-state index in [1.165, 1.54) is 5.56 Å². The molecule has 1 aromatic heterocycles. The second-order valence-corrected chi connectivity index (χ2v) is 7.34. The first-order valence-electron chi connectivity index (χ1n) is 10.2. The summed E-state index contributed by atoms with van der Waals surface area (Å²) in [5.41, 5.74) is 2.38. The maximum atomic E-state index is 5.78. The largest absolute Gasteiger partial charge is 0.497 e. The molecular formula is C22H35N5O2. The molecule has 0 fully saturated rings. The molecule has 0 spiro atoms. The molecule has 2 aromatic rings. The monoisotopic (exact) mass is 401 g/mol. The molecule has 1 aromatic carbocycles. The minimum absolute atomic E-state index is 0.397. The molecule has 0 aliphatic carbocycles. The zero-order valence-corrected chi connectivity index (χ0v) is 18.6. The maximum Gasteiger partial charge on any atom is 0.193 e. The molecule has 2 rings (SSSR count). The predicted octanol–water partition coefficient (Wildman–Crippen LogP) is 3.42. The fourth-order valence-electron chi connectivity index (χ4n) is 3.07. The van der Waals surface area contributed by atoms with Gasteiger partial charge in [0.05, 0.1) is 19.4 Å². The molecule has 0 bridgehead atoms. The summed E-state index contributed by atoms with van der Waals surface area (Å²) >= 11 is 0. The van der Waals surface area contributed by atoms with Crippen molar-refractivity contribution in [1.29, 1.82) is 0 Å². The summed E-state index contributed by atoms with van der Waals surface area (Å²) in [4.78, 5) is 6.90. The van der Waals surface area contributed by atoms with Crippen molar-refractivity contribution < 1.29 is 9.47 Å². The van der Waals surface area contributed by atoms with Gasteiger partial charge in [0.15, 0.2) is 5.96 Å². The van der Waals surface area contributed by atoms with Crippen molar-refractivity contribution in [3.63, 3.8) is 0 Å². The summed E-state index contributed by atoms with van der Waals surface area (Å²) < 4.78 is 12.8. The number of guanidine groups is 1. The van der Waals surface area contributed by atoms with Gasteiger partial charge in [-0.15, -0.1) is 0 Å². The van der Waals surface area contributed by atoms with Crippen molar-refractivity contribution >= 4 is 5.96 Å². The van der Waals surface area contributed by atoms with Gasteiger partial charge in [0.1, 0.15) is 11.5 Å². The molecule has 160 valence electrons. The van der Waals surface area contributed by atoms with Crippen LogP contribution in [0.2, 0.25) is 0 Å². The van der Waals surface area contributed by atoms with Crippen LogP contribution in [0.5, 0.6) is 11.5 Å². The first-order valence-corrected chi connectivity index (χ1v) is 10.2. The average Bonchev–Trinajstić information content (AvgIpc) is 3.07. The van der Waals surface area contributed by atoms with Gasteiger partial charge in [-0.1, -0.05) is 13.8 Å². The van der Waals surface area contributed by atoms with Gasteiger partial charge in [-0.2, -0.15) is 5.10 Å². The number of aryl methyl sites for hydroxylation is 1. The van der Waals surface area contributed by atoms with E-state index in [-0.39, 0.29) is 0 Å². The zero-order chi connectivity index (χ0) is 21.2. The third-order valence-corrected chi connectivity index (χ3v) is 4.48. The highest BCUT2D eigenvalue weighted by Gasteiger charge is 2.15. The number of nitrogens with one attached hydrogen (secondary N) is 1. The van der Waals surface area contributed by atoms with Gasteiger partial charge in [-0.3, -0.25) is 9.67 Å². The van der Waals surface area contributed by atoms with Crippen LogP contribution in [0.15, 0.2) is 35.5 Å². The van der Waals surface area contributed by atoms with E-state index in [1.54, 1.807) is 7.11 Å². The maximum absolute atomic E-state index is 5.78. The van der Waals surface area contributed by atoms with Crippen molar-refractivity contribution in [1.82, 2.24) is 20.0 Å².